The predicted molar refractivity (Wildman–Crippen MR) is 139 cm³/mol. The van der Waals surface area contributed by atoms with E-state index in [0.717, 1.165) is 45.5 Å². The predicted octanol–water partition coefficient (Wildman–Crippen LogP) is 6.90. The summed E-state index contributed by atoms with van der Waals surface area (Å²) in [6, 6.07) is 26.3. The van der Waals surface area contributed by atoms with Crippen molar-refractivity contribution >= 4 is 28.2 Å². The lowest BCUT2D eigenvalue weighted by atomic mass is 10.0. The summed E-state index contributed by atoms with van der Waals surface area (Å²) in [4.78, 5) is 17.9. The standard InChI is InChI=1S/C29H28N4O/c1-19(2)27(17-28-31-25-10-6-7-11-26(25)32-28)30-18-22-16-21-8-4-5-9-24(21)33-29(22)34-23-14-12-20(3)13-15-23/h4-16,18-19,27H,17H2,1-3H3,(H,31,32). The lowest BCUT2D eigenvalue weighted by Gasteiger charge is -2.15. The Hall–Kier alpha value is -3.99. The number of pyridine rings is 1. The minimum atomic E-state index is 0.0688. The number of benzene rings is 3. The number of ether oxygens (including phenoxy) is 1. The first kappa shape index (κ1) is 21.8. The van der Waals surface area contributed by atoms with Crippen LogP contribution in [-0.2, 0) is 6.42 Å². The summed E-state index contributed by atoms with van der Waals surface area (Å²) in [7, 11) is 0. The van der Waals surface area contributed by atoms with Crippen LogP contribution in [0.3, 0.4) is 0 Å². The van der Waals surface area contributed by atoms with Crippen LogP contribution in [0.25, 0.3) is 21.9 Å². The molecule has 1 unspecified atom stereocenters. The highest BCUT2D eigenvalue weighted by atomic mass is 16.5. The molecule has 5 aromatic rings. The Kier molecular flexibility index (Phi) is 6.09. The van der Waals surface area contributed by atoms with Gasteiger partial charge in [0, 0.05) is 18.0 Å². The normalized spacial score (nSPS) is 12.7. The number of aryl methyl sites for hydroxylation is 1. The van der Waals surface area contributed by atoms with Crippen molar-refractivity contribution in [2.75, 3.05) is 0 Å². The third-order valence-corrected chi connectivity index (χ3v) is 5.97. The Bertz CT molecular complexity index is 1420. The van der Waals surface area contributed by atoms with Gasteiger partial charge in [-0.3, -0.25) is 4.99 Å². The summed E-state index contributed by atoms with van der Waals surface area (Å²) in [5.41, 5.74) is 4.97. The number of nitrogens with zero attached hydrogens (tertiary/aromatic N) is 3. The topological polar surface area (TPSA) is 63.2 Å². The van der Waals surface area contributed by atoms with Crippen LogP contribution in [0.5, 0.6) is 11.6 Å². The van der Waals surface area contributed by atoms with Gasteiger partial charge >= 0.3 is 0 Å². The zero-order valence-corrected chi connectivity index (χ0v) is 19.7. The molecule has 34 heavy (non-hydrogen) atoms. The molecule has 2 aromatic heterocycles. The van der Waals surface area contributed by atoms with Gasteiger partial charge in [-0.2, -0.15) is 0 Å². The first-order chi connectivity index (χ1) is 16.5. The molecule has 2 heterocycles. The lowest BCUT2D eigenvalue weighted by Crippen LogP contribution is -2.17. The Morgan fingerprint density at radius 2 is 1.65 bits per heavy atom. The number of aromatic amines is 1. The molecular weight excluding hydrogens is 420 g/mol. The summed E-state index contributed by atoms with van der Waals surface area (Å²) < 4.78 is 6.20. The Labute approximate surface area is 199 Å². The van der Waals surface area contributed by atoms with E-state index >= 15 is 0 Å². The molecule has 0 amide bonds. The number of hydrogen-bond acceptors (Lipinski definition) is 4. The van der Waals surface area contributed by atoms with E-state index in [0.29, 0.717) is 11.8 Å². The molecule has 0 aliphatic rings. The van der Waals surface area contributed by atoms with Gasteiger partial charge in [0.25, 0.3) is 0 Å². The van der Waals surface area contributed by atoms with Gasteiger partial charge in [0.05, 0.1) is 28.2 Å². The second-order valence-electron chi connectivity index (χ2n) is 8.98. The molecule has 0 spiro atoms. The fourth-order valence-electron chi connectivity index (χ4n) is 3.94. The van der Waals surface area contributed by atoms with E-state index in [1.807, 2.05) is 66.9 Å². The van der Waals surface area contributed by atoms with Crippen LogP contribution in [0.15, 0.2) is 83.9 Å². The molecule has 1 atom stereocenters. The molecule has 0 bridgehead atoms. The highest BCUT2D eigenvalue weighted by Crippen LogP contribution is 2.27. The van der Waals surface area contributed by atoms with Crippen LogP contribution in [0.1, 0.15) is 30.8 Å². The van der Waals surface area contributed by atoms with Gasteiger partial charge in [0.15, 0.2) is 0 Å². The minimum Gasteiger partial charge on any atom is -0.438 e. The average Bonchev–Trinajstić information content (AvgIpc) is 3.25. The third-order valence-electron chi connectivity index (χ3n) is 5.97. The number of nitrogens with one attached hydrogen (secondary N) is 1. The van der Waals surface area contributed by atoms with Gasteiger partial charge < -0.3 is 9.72 Å². The smallest absolute Gasteiger partial charge is 0.228 e. The summed E-state index contributed by atoms with van der Waals surface area (Å²) in [5.74, 6) is 2.60. The molecule has 1 N–H and O–H groups in total. The van der Waals surface area contributed by atoms with Crippen LogP contribution in [0, 0.1) is 12.8 Å². The summed E-state index contributed by atoms with van der Waals surface area (Å²) in [6.07, 6.45) is 2.63. The minimum absolute atomic E-state index is 0.0688. The number of hydrogen-bond donors (Lipinski definition) is 1. The molecule has 3 aromatic carbocycles. The number of fused-ring (bicyclic) bond motifs is 2. The Morgan fingerprint density at radius 3 is 2.41 bits per heavy atom. The number of imidazole rings is 1. The van der Waals surface area contributed by atoms with Gasteiger partial charge in [-0.05, 0) is 49.2 Å². The maximum absolute atomic E-state index is 6.20. The Morgan fingerprint density at radius 1 is 0.912 bits per heavy atom. The van der Waals surface area contributed by atoms with Crippen molar-refractivity contribution in [2.45, 2.75) is 33.2 Å². The van der Waals surface area contributed by atoms with Gasteiger partial charge in [-0.25, -0.2) is 9.97 Å². The third kappa shape index (κ3) is 4.84. The maximum atomic E-state index is 6.20. The molecule has 5 rings (SSSR count). The summed E-state index contributed by atoms with van der Waals surface area (Å²) in [5, 5.41) is 1.05. The first-order valence-corrected chi connectivity index (χ1v) is 11.7. The van der Waals surface area contributed by atoms with E-state index in [1.54, 1.807) is 0 Å². The van der Waals surface area contributed by atoms with Crippen molar-refractivity contribution in [1.29, 1.82) is 0 Å². The summed E-state index contributed by atoms with van der Waals surface area (Å²) in [6.45, 7) is 6.43. The van der Waals surface area contributed by atoms with E-state index in [-0.39, 0.29) is 6.04 Å². The molecular formula is C29H28N4O. The van der Waals surface area contributed by atoms with E-state index < -0.39 is 0 Å². The van der Waals surface area contributed by atoms with E-state index in [9.17, 15) is 0 Å². The van der Waals surface area contributed by atoms with E-state index in [1.165, 1.54) is 5.56 Å². The van der Waals surface area contributed by atoms with Crippen molar-refractivity contribution in [2.24, 2.45) is 10.9 Å². The quantitative estimate of drug-likeness (QED) is 0.276. The SMILES string of the molecule is Cc1ccc(Oc2nc3ccccc3cc2C=NC(Cc2nc3ccccc3[nH]2)C(C)C)cc1. The average molecular weight is 449 g/mol. The van der Waals surface area contributed by atoms with Crippen LogP contribution >= 0.6 is 0 Å². The number of aliphatic imine (C=N–C) groups is 1. The Balaban J connectivity index is 1.46. The maximum Gasteiger partial charge on any atom is 0.228 e. The molecule has 0 radical (unpaired) electrons. The van der Waals surface area contributed by atoms with Crippen LogP contribution in [0.4, 0.5) is 0 Å². The highest BCUT2D eigenvalue weighted by molar-refractivity contribution is 5.90. The summed E-state index contributed by atoms with van der Waals surface area (Å²) >= 11 is 0. The molecule has 170 valence electrons. The number of aromatic nitrogens is 3. The zero-order chi connectivity index (χ0) is 23.5. The van der Waals surface area contributed by atoms with Gasteiger partial charge in [0.1, 0.15) is 11.6 Å². The largest absolute Gasteiger partial charge is 0.438 e. The molecule has 5 heteroatoms. The second kappa shape index (κ2) is 9.48. The molecule has 0 saturated heterocycles. The van der Waals surface area contributed by atoms with Crippen LogP contribution < -0.4 is 4.74 Å². The van der Waals surface area contributed by atoms with Gasteiger partial charge in [0.2, 0.25) is 5.88 Å². The second-order valence-corrected chi connectivity index (χ2v) is 8.98. The number of para-hydroxylation sites is 3. The highest BCUT2D eigenvalue weighted by Gasteiger charge is 2.16. The van der Waals surface area contributed by atoms with Crippen molar-refractivity contribution < 1.29 is 4.74 Å². The van der Waals surface area contributed by atoms with Crippen molar-refractivity contribution in [3.05, 3.63) is 95.8 Å². The molecule has 0 saturated carbocycles. The monoisotopic (exact) mass is 448 g/mol. The van der Waals surface area contributed by atoms with Crippen molar-refractivity contribution in [3.63, 3.8) is 0 Å². The van der Waals surface area contributed by atoms with Crippen molar-refractivity contribution in [3.8, 4) is 11.6 Å². The van der Waals surface area contributed by atoms with Crippen LogP contribution in [0.2, 0.25) is 0 Å². The van der Waals surface area contributed by atoms with Gasteiger partial charge in [-0.15, -0.1) is 0 Å². The van der Waals surface area contributed by atoms with E-state index in [4.69, 9.17) is 19.7 Å². The number of H-pyrrole nitrogens is 1. The van der Waals surface area contributed by atoms with Gasteiger partial charge in [-0.1, -0.05) is 61.9 Å². The van der Waals surface area contributed by atoms with E-state index in [2.05, 4.69) is 44.0 Å². The first-order valence-electron chi connectivity index (χ1n) is 11.7. The van der Waals surface area contributed by atoms with Crippen LogP contribution in [-0.4, -0.2) is 27.2 Å². The fraction of sp³-hybridized carbons (Fsp3) is 0.207. The zero-order valence-electron chi connectivity index (χ0n) is 19.7. The molecule has 0 aliphatic heterocycles. The number of rotatable bonds is 7. The fourth-order valence-corrected chi connectivity index (χ4v) is 3.94. The molecule has 0 aliphatic carbocycles. The lowest BCUT2D eigenvalue weighted by molar-refractivity contribution is 0.463. The van der Waals surface area contributed by atoms with Crippen molar-refractivity contribution in [1.82, 2.24) is 15.0 Å². The molecule has 5 nitrogen and oxygen atoms in total. The molecule has 0 fully saturated rings.